The van der Waals surface area contributed by atoms with Crippen molar-refractivity contribution in [2.45, 2.75) is 24.8 Å². The molecule has 35 heavy (non-hydrogen) atoms. The smallest absolute Gasteiger partial charge is 0.275 e. The lowest BCUT2D eigenvalue weighted by atomic mass is 10.1. The number of furan rings is 1. The molecule has 7 nitrogen and oxygen atoms in total. The van der Waals surface area contributed by atoms with Gasteiger partial charge in [-0.1, -0.05) is 35.5 Å². The van der Waals surface area contributed by atoms with Crippen molar-refractivity contribution >= 4 is 46.3 Å². The Bertz CT molecular complexity index is 1490. The lowest BCUT2D eigenvalue weighted by Gasteiger charge is -2.09. The minimum Gasteiger partial charge on any atom is -0.461 e. The first-order chi connectivity index (χ1) is 17.0. The molecule has 0 aliphatic carbocycles. The third-order valence-electron chi connectivity index (χ3n) is 5.32. The number of halogens is 1. The fraction of sp³-hybridized carbons (Fsp3) is 0.120. The van der Waals surface area contributed by atoms with Gasteiger partial charge in [0.05, 0.1) is 17.7 Å². The van der Waals surface area contributed by atoms with E-state index in [9.17, 15) is 4.79 Å². The first-order valence-electron chi connectivity index (χ1n) is 10.7. The molecule has 176 valence electrons. The van der Waals surface area contributed by atoms with Crippen LogP contribution in [-0.2, 0) is 5.75 Å². The zero-order chi connectivity index (χ0) is 24.4. The highest BCUT2D eigenvalue weighted by Crippen LogP contribution is 2.31. The van der Waals surface area contributed by atoms with Gasteiger partial charge in [0.2, 0.25) is 5.82 Å². The molecule has 5 aromatic rings. The third-order valence-corrected chi connectivity index (χ3v) is 7.52. The first kappa shape index (κ1) is 23.3. The molecule has 3 aromatic heterocycles. The summed E-state index contributed by atoms with van der Waals surface area (Å²) in [7, 11) is 0. The van der Waals surface area contributed by atoms with Crippen LogP contribution in [0.1, 0.15) is 26.6 Å². The van der Waals surface area contributed by atoms with Gasteiger partial charge >= 0.3 is 0 Å². The number of anilines is 1. The maximum Gasteiger partial charge on any atom is 0.275 e. The molecule has 0 aliphatic rings. The van der Waals surface area contributed by atoms with Crippen LogP contribution in [-0.4, -0.2) is 25.7 Å². The molecule has 5 rings (SSSR count). The quantitative estimate of drug-likeness (QED) is 0.237. The van der Waals surface area contributed by atoms with Crippen LogP contribution in [0.2, 0.25) is 5.02 Å². The van der Waals surface area contributed by atoms with Gasteiger partial charge in [-0.2, -0.15) is 0 Å². The number of rotatable bonds is 7. The fourth-order valence-electron chi connectivity index (χ4n) is 3.40. The van der Waals surface area contributed by atoms with Crippen molar-refractivity contribution in [1.82, 2.24) is 19.7 Å². The van der Waals surface area contributed by atoms with E-state index in [-0.39, 0.29) is 5.91 Å². The minimum absolute atomic E-state index is 0.233. The molecule has 0 unspecified atom stereocenters. The maximum absolute atomic E-state index is 12.7. The number of carbonyl (C=O) groups is 1. The van der Waals surface area contributed by atoms with Gasteiger partial charge in [-0.05, 0) is 67.4 Å². The number of nitrogens with zero attached hydrogens (tertiary/aromatic N) is 4. The van der Waals surface area contributed by atoms with Gasteiger partial charge in [0, 0.05) is 16.1 Å². The van der Waals surface area contributed by atoms with Gasteiger partial charge in [0.1, 0.15) is 10.7 Å². The number of benzene rings is 2. The van der Waals surface area contributed by atoms with Crippen LogP contribution in [0.3, 0.4) is 0 Å². The average Bonchev–Trinajstić information content (AvgIpc) is 3.60. The molecule has 2 aromatic carbocycles. The van der Waals surface area contributed by atoms with Crippen LogP contribution >= 0.6 is 34.7 Å². The summed E-state index contributed by atoms with van der Waals surface area (Å²) in [5.74, 6) is 1.47. The third kappa shape index (κ3) is 5.17. The maximum atomic E-state index is 12.7. The highest BCUT2D eigenvalue weighted by Gasteiger charge is 2.19. The number of aromatic nitrogens is 4. The van der Waals surface area contributed by atoms with Crippen molar-refractivity contribution in [2.24, 2.45) is 0 Å². The zero-order valence-electron chi connectivity index (χ0n) is 18.9. The second kappa shape index (κ2) is 10.1. The highest BCUT2D eigenvalue weighted by molar-refractivity contribution is 7.98. The summed E-state index contributed by atoms with van der Waals surface area (Å²) in [4.78, 5) is 17.2. The van der Waals surface area contributed by atoms with E-state index in [0.29, 0.717) is 33.2 Å². The molecule has 10 heteroatoms. The summed E-state index contributed by atoms with van der Waals surface area (Å²) in [6.45, 7) is 4.05. The minimum atomic E-state index is -0.233. The molecule has 0 saturated carbocycles. The zero-order valence-corrected chi connectivity index (χ0v) is 21.2. The summed E-state index contributed by atoms with van der Waals surface area (Å²) in [5.41, 5.74) is 4.26. The van der Waals surface area contributed by atoms with Gasteiger partial charge in [0.15, 0.2) is 10.9 Å². The summed E-state index contributed by atoms with van der Waals surface area (Å²) in [6.07, 6.45) is 1.60. The van der Waals surface area contributed by atoms with Gasteiger partial charge in [0.25, 0.3) is 5.91 Å². The van der Waals surface area contributed by atoms with E-state index in [4.69, 9.17) is 16.0 Å². The molecule has 1 amide bonds. The molecule has 0 aliphatic heterocycles. The number of carbonyl (C=O) groups excluding carboxylic acids is 1. The highest BCUT2D eigenvalue weighted by atomic mass is 35.5. The molecule has 0 bridgehead atoms. The first-order valence-corrected chi connectivity index (χ1v) is 12.9. The van der Waals surface area contributed by atoms with Crippen LogP contribution in [0.4, 0.5) is 5.69 Å². The van der Waals surface area contributed by atoms with Crippen LogP contribution in [0, 0.1) is 13.8 Å². The predicted octanol–water partition coefficient (Wildman–Crippen LogP) is 6.80. The number of amides is 1. The Hall–Kier alpha value is -3.40. The van der Waals surface area contributed by atoms with E-state index >= 15 is 0 Å². The van der Waals surface area contributed by atoms with E-state index in [0.717, 1.165) is 21.9 Å². The SMILES string of the molecule is Cc1ccc(NC(=O)c2csc(CSc3nnc(-c4ccco4)n3-c3cccc(Cl)c3)n2)cc1C. The van der Waals surface area contributed by atoms with Crippen LogP contribution in [0.5, 0.6) is 0 Å². The Labute approximate surface area is 215 Å². The summed E-state index contributed by atoms with van der Waals surface area (Å²) >= 11 is 9.14. The second-order valence-corrected chi connectivity index (χ2v) is 10.1. The molecule has 0 spiro atoms. The number of nitrogens with one attached hydrogen (secondary N) is 1. The van der Waals surface area contributed by atoms with Crippen molar-refractivity contribution in [3.8, 4) is 17.3 Å². The van der Waals surface area contributed by atoms with Crippen molar-refractivity contribution in [3.05, 3.63) is 93.1 Å². The Morgan fingerprint density at radius 3 is 2.77 bits per heavy atom. The van der Waals surface area contributed by atoms with E-state index in [2.05, 4.69) is 20.5 Å². The lowest BCUT2D eigenvalue weighted by Crippen LogP contribution is -2.12. The molecule has 1 N–H and O–H groups in total. The number of hydrogen-bond donors (Lipinski definition) is 1. The summed E-state index contributed by atoms with van der Waals surface area (Å²) in [5, 5.41) is 15.5. The van der Waals surface area contributed by atoms with Gasteiger partial charge in [-0.3, -0.25) is 9.36 Å². The number of thioether (sulfide) groups is 1. The van der Waals surface area contributed by atoms with Crippen LogP contribution in [0.25, 0.3) is 17.3 Å². The Morgan fingerprint density at radius 2 is 2.00 bits per heavy atom. The topological polar surface area (TPSA) is 85.8 Å². The summed E-state index contributed by atoms with van der Waals surface area (Å²) < 4.78 is 7.46. The molecular formula is C25H20ClN5O2S2. The van der Waals surface area contributed by atoms with Gasteiger partial charge in [-0.15, -0.1) is 21.5 Å². The van der Waals surface area contributed by atoms with E-state index in [1.165, 1.54) is 28.7 Å². The second-order valence-electron chi connectivity index (χ2n) is 7.77. The van der Waals surface area contributed by atoms with Crippen molar-refractivity contribution < 1.29 is 9.21 Å². The normalized spacial score (nSPS) is 11.1. The summed E-state index contributed by atoms with van der Waals surface area (Å²) in [6, 6.07) is 16.9. The van der Waals surface area contributed by atoms with E-state index < -0.39 is 0 Å². The number of thiazole rings is 1. The average molecular weight is 522 g/mol. The molecule has 0 saturated heterocycles. The van der Waals surface area contributed by atoms with E-state index in [1.54, 1.807) is 17.7 Å². The van der Waals surface area contributed by atoms with Gasteiger partial charge < -0.3 is 9.73 Å². The monoisotopic (exact) mass is 521 g/mol. The number of hydrogen-bond acceptors (Lipinski definition) is 7. The predicted molar refractivity (Wildman–Crippen MR) is 140 cm³/mol. The lowest BCUT2D eigenvalue weighted by molar-refractivity contribution is 0.102. The Morgan fingerprint density at radius 1 is 1.11 bits per heavy atom. The van der Waals surface area contributed by atoms with Gasteiger partial charge in [-0.25, -0.2) is 4.98 Å². The van der Waals surface area contributed by atoms with Crippen LogP contribution < -0.4 is 5.32 Å². The molecule has 0 atom stereocenters. The Kier molecular flexibility index (Phi) is 6.72. The number of aryl methyl sites for hydroxylation is 2. The Balaban J connectivity index is 1.34. The van der Waals surface area contributed by atoms with Crippen molar-refractivity contribution in [2.75, 3.05) is 5.32 Å². The molecule has 0 fully saturated rings. The molecule has 0 radical (unpaired) electrons. The molecule has 3 heterocycles. The van der Waals surface area contributed by atoms with E-state index in [1.807, 2.05) is 66.9 Å². The van der Waals surface area contributed by atoms with Crippen LogP contribution in [0.15, 0.2) is 75.8 Å². The molecular weight excluding hydrogens is 502 g/mol. The fourth-order valence-corrected chi connectivity index (χ4v) is 5.33. The van der Waals surface area contributed by atoms with Crippen molar-refractivity contribution in [1.29, 1.82) is 0 Å². The standard InChI is InChI=1S/C25H20ClN5O2S2/c1-15-8-9-18(11-16(15)2)27-24(32)20-13-34-22(28-20)14-35-25-30-29-23(21-7-4-10-33-21)31(25)19-6-3-5-17(26)12-19/h3-13H,14H2,1-2H3,(H,27,32). The largest absolute Gasteiger partial charge is 0.461 e. The van der Waals surface area contributed by atoms with Crippen molar-refractivity contribution in [3.63, 3.8) is 0 Å².